The van der Waals surface area contributed by atoms with Crippen LogP contribution in [0, 0.1) is 5.82 Å². The van der Waals surface area contributed by atoms with Crippen LogP contribution in [0.3, 0.4) is 0 Å². The summed E-state index contributed by atoms with van der Waals surface area (Å²) in [7, 11) is -2.16. The molecule has 8 heteroatoms. The monoisotopic (exact) mass is 366 g/mol. The Kier molecular flexibility index (Phi) is 6.11. The average Bonchev–Trinajstić information content (AvgIpc) is 2.56. The van der Waals surface area contributed by atoms with Gasteiger partial charge in [-0.3, -0.25) is 4.79 Å². The van der Waals surface area contributed by atoms with Crippen LogP contribution in [0.25, 0.3) is 0 Å². The maximum Gasteiger partial charge on any atom is 0.239 e. The third-order valence-corrected chi connectivity index (χ3v) is 4.66. The van der Waals surface area contributed by atoms with Gasteiger partial charge in [-0.25, -0.2) is 12.8 Å². The fourth-order valence-corrected chi connectivity index (χ4v) is 2.87. The number of amides is 1. The van der Waals surface area contributed by atoms with Crippen LogP contribution < -0.4 is 10.1 Å². The Bertz CT molecular complexity index is 838. The molecule has 0 aliphatic heterocycles. The number of halogens is 1. The lowest BCUT2D eigenvalue weighted by Gasteiger charge is -2.20. The standard InChI is InChI=1S/C17H19FN2O4S/c1-24-15-9-7-14(8-10-15)19-17(21)12-20(25(2,22)23)11-13-5-3-4-6-16(13)18/h3-10H,11-12H2,1-2H3,(H,19,21). The molecular formula is C17H19FN2O4S. The zero-order valence-corrected chi connectivity index (χ0v) is 14.7. The van der Waals surface area contributed by atoms with Gasteiger partial charge in [0.1, 0.15) is 11.6 Å². The predicted molar refractivity (Wildman–Crippen MR) is 93.3 cm³/mol. The van der Waals surface area contributed by atoms with Crippen molar-refractivity contribution in [2.75, 3.05) is 25.2 Å². The zero-order chi connectivity index (χ0) is 18.4. The summed E-state index contributed by atoms with van der Waals surface area (Å²) in [5, 5.41) is 2.60. The summed E-state index contributed by atoms with van der Waals surface area (Å²) < 4.78 is 43.6. The van der Waals surface area contributed by atoms with Gasteiger partial charge in [0.15, 0.2) is 0 Å². The lowest BCUT2D eigenvalue weighted by molar-refractivity contribution is -0.116. The van der Waals surface area contributed by atoms with Crippen molar-refractivity contribution < 1.29 is 22.3 Å². The van der Waals surface area contributed by atoms with Gasteiger partial charge in [-0.05, 0) is 30.3 Å². The number of benzene rings is 2. The zero-order valence-electron chi connectivity index (χ0n) is 13.9. The molecule has 0 unspecified atom stereocenters. The number of sulfonamides is 1. The third kappa shape index (κ3) is 5.54. The summed E-state index contributed by atoms with van der Waals surface area (Å²) in [6.45, 7) is -0.638. The molecule has 0 spiro atoms. The van der Waals surface area contributed by atoms with E-state index in [1.807, 2.05) is 0 Å². The Balaban J connectivity index is 2.08. The SMILES string of the molecule is COc1ccc(NC(=O)CN(Cc2ccccc2F)S(C)(=O)=O)cc1. The molecule has 6 nitrogen and oxygen atoms in total. The van der Waals surface area contributed by atoms with E-state index in [4.69, 9.17) is 4.74 Å². The van der Waals surface area contributed by atoms with E-state index in [9.17, 15) is 17.6 Å². The van der Waals surface area contributed by atoms with E-state index < -0.39 is 28.3 Å². The van der Waals surface area contributed by atoms with Crippen molar-refractivity contribution in [1.29, 1.82) is 0 Å². The van der Waals surface area contributed by atoms with Gasteiger partial charge in [-0.1, -0.05) is 18.2 Å². The van der Waals surface area contributed by atoms with Crippen molar-refractivity contribution in [2.24, 2.45) is 0 Å². The number of rotatable bonds is 7. The molecule has 2 rings (SSSR count). The highest BCUT2D eigenvalue weighted by Crippen LogP contribution is 2.16. The van der Waals surface area contributed by atoms with Gasteiger partial charge in [-0.2, -0.15) is 4.31 Å². The predicted octanol–water partition coefficient (Wildman–Crippen LogP) is 2.23. The molecule has 0 atom stereocenters. The lowest BCUT2D eigenvalue weighted by atomic mass is 10.2. The second-order valence-corrected chi connectivity index (χ2v) is 7.38. The molecule has 25 heavy (non-hydrogen) atoms. The quantitative estimate of drug-likeness (QED) is 0.815. The number of methoxy groups -OCH3 is 1. The molecule has 0 saturated carbocycles. The minimum Gasteiger partial charge on any atom is -0.497 e. The van der Waals surface area contributed by atoms with Gasteiger partial charge in [-0.15, -0.1) is 0 Å². The van der Waals surface area contributed by atoms with Gasteiger partial charge < -0.3 is 10.1 Å². The van der Waals surface area contributed by atoms with E-state index in [1.54, 1.807) is 30.3 Å². The Hall–Kier alpha value is -2.45. The molecule has 0 aliphatic carbocycles. The fourth-order valence-electron chi connectivity index (χ4n) is 2.14. The normalized spacial score (nSPS) is 11.4. The Morgan fingerprint density at radius 2 is 1.80 bits per heavy atom. The Morgan fingerprint density at radius 1 is 1.16 bits per heavy atom. The van der Waals surface area contributed by atoms with E-state index >= 15 is 0 Å². The second kappa shape index (κ2) is 8.09. The molecule has 0 aromatic heterocycles. The summed E-state index contributed by atoms with van der Waals surface area (Å²) in [6, 6.07) is 12.5. The summed E-state index contributed by atoms with van der Waals surface area (Å²) >= 11 is 0. The number of ether oxygens (including phenoxy) is 1. The first-order valence-corrected chi connectivity index (χ1v) is 9.27. The van der Waals surface area contributed by atoms with Crippen LogP contribution in [0.2, 0.25) is 0 Å². The molecule has 0 bridgehead atoms. The first-order chi connectivity index (χ1) is 11.8. The number of hydrogen-bond donors (Lipinski definition) is 1. The topological polar surface area (TPSA) is 75.7 Å². The molecule has 2 aromatic rings. The van der Waals surface area contributed by atoms with Crippen molar-refractivity contribution in [1.82, 2.24) is 4.31 Å². The van der Waals surface area contributed by atoms with Crippen LogP contribution in [0.5, 0.6) is 5.75 Å². The third-order valence-electron chi connectivity index (χ3n) is 3.47. The molecule has 0 fully saturated rings. The molecule has 0 saturated heterocycles. The van der Waals surface area contributed by atoms with Crippen LogP contribution in [0.15, 0.2) is 48.5 Å². The lowest BCUT2D eigenvalue weighted by Crippen LogP contribution is -2.37. The highest BCUT2D eigenvalue weighted by molar-refractivity contribution is 7.88. The minimum atomic E-state index is -3.69. The molecule has 0 heterocycles. The first kappa shape index (κ1) is 18.9. The molecule has 134 valence electrons. The van der Waals surface area contributed by atoms with Crippen LogP contribution in [0.4, 0.5) is 10.1 Å². The molecule has 2 aromatic carbocycles. The first-order valence-electron chi connectivity index (χ1n) is 7.42. The number of carbonyl (C=O) groups excluding carboxylic acids is 1. The van der Waals surface area contributed by atoms with Crippen molar-refractivity contribution in [3.8, 4) is 5.75 Å². The highest BCUT2D eigenvalue weighted by atomic mass is 32.2. The van der Waals surface area contributed by atoms with Crippen molar-refractivity contribution >= 4 is 21.6 Å². The molecule has 0 radical (unpaired) electrons. The van der Waals surface area contributed by atoms with Gasteiger partial charge in [0.2, 0.25) is 15.9 Å². The Labute approximate surface area is 146 Å². The van der Waals surface area contributed by atoms with Gasteiger partial charge >= 0.3 is 0 Å². The summed E-state index contributed by atoms with van der Waals surface area (Å²) in [6.07, 6.45) is 0.981. The maximum absolute atomic E-state index is 13.8. The van der Waals surface area contributed by atoms with Gasteiger partial charge in [0.25, 0.3) is 0 Å². The second-order valence-electron chi connectivity index (χ2n) is 5.40. The molecule has 1 amide bonds. The largest absolute Gasteiger partial charge is 0.497 e. The van der Waals surface area contributed by atoms with E-state index in [2.05, 4.69) is 5.32 Å². The number of carbonyl (C=O) groups is 1. The molecular weight excluding hydrogens is 347 g/mol. The number of hydrogen-bond acceptors (Lipinski definition) is 4. The number of nitrogens with zero attached hydrogens (tertiary/aromatic N) is 1. The van der Waals surface area contributed by atoms with E-state index in [0.717, 1.165) is 10.6 Å². The van der Waals surface area contributed by atoms with E-state index in [0.29, 0.717) is 11.4 Å². The van der Waals surface area contributed by atoms with Gasteiger partial charge in [0.05, 0.1) is 19.9 Å². The van der Waals surface area contributed by atoms with Crippen molar-refractivity contribution in [2.45, 2.75) is 6.54 Å². The summed E-state index contributed by atoms with van der Waals surface area (Å²) in [4.78, 5) is 12.2. The van der Waals surface area contributed by atoms with Gasteiger partial charge in [0, 0.05) is 17.8 Å². The summed E-state index contributed by atoms with van der Waals surface area (Å²) in [5.41, 5.74) is 0.704. The number of nitrogens with one attached hydrogen (secondary N) is 1. The average molecular weight is 366 g/mol. The number of anilines is 1. The smallest absolute Gasteiger partial charge is 0.239 e. The van der Waals surface area contributed by atoms with Crippen molar-refractivity contribution in [3.05, 3.63) is 59.9 Å². The van der Waals surface area contributed by atoms with Crippen LogP contribution in [0.1, 0.15) is 5.56 Å². The summed E-state index contributed by atoms with van der Waals surface area (Å²) in [5.74, 6) is -0.408. The molecule has 0 aliphatic rings. The van der Waals surface area contributed by atoms with Crippen LogP contribution in [-0.2, 0) is 21.4 Å². The van der Waals surface area contributed by atoms with Crippen molar-refractivity contribution in [3.63, 3.8) is 0 Å². The molecule has 1 N–H and O–H groups in total. The van der Waals surface area contributed by atoms with E-state index in [-0.39, 0.29) is 12.1 Å². The van der Waals surface area contributed by atoms with Crippen LogP contribution in [-0.4, -0.2) is 38.5 Å². The van der Waals surface area contributed by atoms with Crippen LogP contribution >= 0.6 is 0 Å². The Morgan fingerprint density at radius 3 is 2.36 bits per heavy atom. The maximum atomic E-state index is 13.8. The minimum absolute atomic E-state index is 0.199. The van der Waals surface area contributed by atoms with E-state index in [1.165, 1.54) is 25.3 Å². The highest BCUT2D eigenvalue weighted by Gasteiger charge is 2.21. The fraction of sp³-hybridized carbons (Fsp3) is 0.235.